The number of carbonyl (C=O) groups is 1. The highest BCUT2D eigenvalue weighted by Crippen LogP contribution is 2.28. The van der Waals surface area contributed by atoms with E-state index in [4.69, 9.17) is 11.6 Å². The van der Waals surface area contributed by atoms with Gasteiger partial charge in [-0.15, -0.1) is 0 Å². The Labute approximate surface area is 112 Å². The first-order valence-corrected chi connectivity index (χ1v) is 6.78. The van der Waals surface area contributed by atoms with Crippen LogP contribution in [0.1, 0.15) is 38.5 Å². The van der Waals surface area contributed by atoms with Gasteiger partial charge in [-0.3, -0.25) is 4.79 Å². The average molecular weight is 270 g/mol. The first-order chi connectivity index (χ1) is 8.65. The van der Waals surface area contributed by atoms with Gasteiger partial charge < -0.3 is 5.32 Å². The number of hydrogen-bond acceptors (Lipinski definition) is 1. The maximum atomic E-state index is 12.9. The van der Waals surface area contributed by atoms with Crippen LogP contribution in [0.2, 0.25) is 5.02 Å². The maximum absolute atomic E-state index is 12.9. The van der Waals surface area contributed by atoms with Crippen molar-refractivity contribution in [1.82, 2.24) is 0 Å². The third-order valence-corrected chi connectivity index (χ3v) is 3.75. The molecule has 1 N–H and O–H groups in total. The third-order valence-electron chi connectivity index (χ3n) is 3.46. The van der Waals surface area contributed by atoms with Crippen molar-refractivity contribution in [3.8, 4) is 0 Å². The van der Waals surface area contributed by atoms with Gasteiger partial charge in [0.1, 0.15) is 5.82 Å². The van der Waals surface area contributed by atoms with E-state index in [0.717, 1.165) is 6.42 Å². The van der Waals surface area contributed by atoms with E-state index in [1.807, 2.05) is 0 Å². The van der Waals surface area contributed by atoms with E-state index in [2.05, 4.69) is 5.32 Å². The van der Waals surface area contributed by atoms with Crippen molar-refractivity contribution in [3.05, 3.63) is 29.0 Å². The molecule has 0 heterocycles. The van der Waals surface area contributed by atoms with E-state index in [0.29, 0.717) is 18.0 Å². The molecule has 98 valence electrons. The zero-order chi connectivity index (χ0) is 13.0. The zero-order valence-corrected chi connectivity index (χ0v) is 11.0. The van der Waals surface area contributed by atoms with Crippen LogP contribution in [0, 0.1) is 11.7 Å². The molecule has 0 aromatic heterocycles. The first-order valence-electron chi connectivity index (χ1n) is 6.40. The second-order valence-corrected chi connectivity index (χ2v) is 5.27. The predicted octanol–water partition coefficient (Wildman–Crippen LogP) is 4.39. The van der Waals surface area contributed by atoms with Gasteiger partial charge in [0, 0.05) is 12.1 Å². The van der Waals surface area contributed by atoms with Crippen molar-refractivity contribution in [2.45, 2.75) is 38.5 Å². The lowest BCUT2D eigenvalue weighted by Crippen LogP contribution is -2.12. The van der Waals surface area contributed by atoms with Crippen LogP contribution in [-0.4, -0.2) is 5.91 Å². The molecule has 0 saturated heterocycles. The van der Waals surface area contributed by atoms with Gasteiger partial charge in [-0.1, -0.05) is 37.3 Å². The van der Waals surface area contributed by atoms with Gasteiger partial charge in [0.2, 0.25) is 5.91 Å². The second kappa shape index (κ2) is 6.19. The molecule has 1 aromatic carbocycles. The number of anilines is 1. The molecule has 18 heavy (non-hydrogen) atoms. The van der Waals surface area contributed by atoms with E-state index in [1.165, 1.54) is 43.9 Å². The maximum Gasteiger partial charge on any atom is 0.224 e. The summed E-state index contributed by atoms with van der Waals surface area (Å²) in [6, 6.07) is 4.22. The molecule has 0 aliphatic heterocycles. The SMILES string of the molecule is O=C(CCC1CCCC1)Nc1ccc(F)c(Cl)c1. The van der Waals surface area contributed by atoms with Crippen LogP contribution >= 0.6 is 11.6 Å². The fourth-order valence-corrected chi connectivity index (χ4v) is 2.61. The van der Waals surface area contributed by atoms with Crippen LogP contribution in [0.25, 0.3) is 0 Å². The molecule has 0 spiro atoms. The Morgan fingerprint density at radius 2 is 2.11 bits per heavy atom. The molecule has 2 nitrogen and oxygen atoms in total. The highest BCUT2D eigenvalue weighted by molar-refractivity contribution is 6.31. The van der Waals surface area contributed by atoms with E-state index in [9.17, 15) is 9.18 Å². The minimum atomic E-state index is -0.472. The standard InChI is InChI=1S/C14H17ClFNO/c15-12-9-11(6-7-13(12)16)17-14(18)8-5-10-3-1-2-4-10/h6-7,9-10H,1-5,8H2,(H,17,18). The van der Waals surface area contributed by atoms with E-state index in [-0.39, 0.29) is 10.9 Å². The van der Waals surface area contributed by atoms with Gasteiger partial charge in [0.05, 0.1) is 5.02 Å². The molecular formula is C14H17ClFNO. The molecule has 1 fully saturated rings. The van der Waals surface area contributed by atoms with Gasteiger partial charge in [0.25, 0.3) is 0 Å². The summed E-state index contributed by atoms with van der Waals surface area (Å²) in [6.07, 6.45) is 6.55. The molecule has 0 unspecified atom stereocenters. The van der Waals surface area contributed by atoms with E-state index in [1.54, 1.807) is 0 Å². The summed E-state index contributed by atoms with van der Waals surface area (Å²) in [7, 11) is 0. The molecule has 1 saturated carbocycles. The Hall–Kier alpha value is -1.09. The van der Waals surface area contributed by atoms with Crippen LogP contribution in [0.5, 0.6) is 0 Å². The van der Waals surface area contributed by atoms with Crippen molar-refractivity contribution < 1.29 is 9.18 Å². The minimum Gasteiger partial charge on any atom is -0.326 e. The number of hydrogen-bond donors (Lipinski definition) is 1. The highest BCUT2D eigenvalue weighted by atomic mass is 35.5. The van der Waals surface area contributed by atoms with Crippen molar-refractivity contribution in [1.29, 1.82) is 0 Å². The normalized spacial score (nSPS) is 15.9. The van der Waals surface area contributed by atoms with E-state index >= 15 is 0 Å². The summed E-state index contributed by atoms with van der Waals surface area (Å²) in [6.45, 7) is 0. The van der Waals surface area contributed by atoms with Gasteiger partial charge in [-0.25, -0.2) is 4.39 Å². The van der Waals surface area contributed by atoms with Crippen LogP contribution in [0.3, 0.4) is 0 Å². The van der Waals surface area contributed by atoms with Crippen molar-refractivity contribution >= 4 is 23.2 Å². The molecule has 0 atom stereocenters. The molecule has 1 aliphatic rings. The predicted molar refractivity (Wildman–Crippen MR) is 71.2 cm³/mol. The second-order valence-electron chi connectivity index (χ2n) is 4.87. The highest BCUT2D eigenvalue weighted by Gasteiger charge is 2.16. The van der Waals surface area contributed by atoms with Crippen LogP contribution in [-0.2, 0) is 4.79 Å². The molecule has 1 amide bonds. The molecular weight excluding hydrogens is 253 g/mol. The Morgan fingerprint density at radius 1 is 1.39 bits per heavy atom. The molecule has 2 rings (SSSR count). The summed E-state index contributed by atoms with van der Waals surface area (Å²) < 4.78 is 12.9. The Bertz CT molecular complexity index is 430. The van der Waals surface area contributed by atoms with Gasteiger partial charge in [0.15, 0.2) is 0 Å². The Kier molecular flexibility index (Phi) is 4.59. The first kappa shape index (κ1) is 13.3. The van der Waals surface area contributed by atoms with Crippen LogP contribution in [0.15, 0.2) is 18.2 Å². The number of rotatable bonds is 4. The summed E-state index contributed by atoms with van der Waals surface area (Å²) >= 11 is 5.65. The summed E-state index contributed by atoms with van der Waals surface area (Å²) in [5.74, 6) is 0.206. The van der Waals surface area contributed by atoms with Crippen LogP contribution in [0.4, 0.5) is 10.1 Å². The minimum absolute atomic E-state index is 0.0235. The largest absolute Gasteiger partial charge is 0.326 e. The Balaban J connectivity index is 1.80. The lowest BCUT2D eigenvalue weighted by atomic mass is 10.0. The van der Waals surface area contributed by atoms with Gasteiger partial charge in [-0.05, 0) is 30.5 Å². The fourth-order valence-electron chi connectivity index (χ4n) is 2.43. The van der Waals surface area contributed by atoms with Crippen molar-refractivity contribution in [2.75, 3.05) is 5.32 Å². The summed E-state index contributed by atoms with van der Waals surface area (Å²) in [5, 5.41) is 2.77. The third kappa shape index (κ3) is 3.70. The number of halogens is 2. The Morgan fingerprint density at radius 3 is 2.78 bits per heavy atom. The topological polar surface area (TPSA) is 29.1 Å². The summed E-state index contributed by atoms with van der Waals surface area (Å²) in [5.41, 5.74) is 0.554. The van der Waals surface area contributed by atoms with Crippen molar-refractivity contribution in [2.24, 2.45) is 5.92 Å². The molecule has 0 bridgehead atoms. The lowest BCUT2D eigenvalue weighted by molar-refractivity contribution is -0.116. The van der Waals surface area contributed by atoms with Crippen molar-refractivity contribution in [3.63, 3.8) is 0 Å². The number of nitrogens with one attached hydrogen (secondary N) is 1. The smallest absolute Gasteiger partial charge is 0.224 e. The monoisotopic (exact) mass is 269 g/mol. The molecule has 4 heteroatoms. The quantitative estimate of drug-likeness (QED) is 0.863. The van der Waals surface area contributed by atoms with Gasteiger partial charge in [-0.2, -0.15) is 0 Å². The number of benzene rings is 1. The average Bonchev–Trinajstić information content (AvgIpc) is 2.84. The molecule has 1 aromatic rings. The van der Waals surface area contributed by atoms with Gasteiger partial charge >= 0.3 is 0 Å². The van der Waals surface area contributed by atoms with E-state index < -0.39 is 5.82 Å². The fraction of sp³-hybridized carbons (Fsp3) is 0.500. The van der Waals surface area contributed by atoms with Crippen LogP contribution < -0.4 is 5.32 Å². The lowest BCUT2D eigenvalue weighted by Gasteiger charge is -2.09. The number of carbonyl (C=O) groups excluding carboxylic acids is 1. The molecule has 0 radical (unpaired) electrons. The zero-order valence-electron chi connectivity index (χ0n) is 10.2. The summed E-state index contributed by atoms with van der Waals surface area (Å²) in [4.78, 5) is 11.7. The molecule has 1 aliphatic carbocycles. The number of amides is 1.